The zero-order valence-corrected chi connectivity index (χ0v) is 12.7. The highest BCUT2D eigenvalue weighted by Crippen LogP contribution is 2.28. The van der Waals surface area contributed by atoms with Crippen LogP contribution in [0.25, 0.3) is 0 Å². The average molecular weight is 297 g/mol. The van der Waals surface area contributed by atoms with Crippen molar-refractivity contribution in [2.75, 3.05) is 5.73 Å². The van der Waals surface area contributed by atoms with Crippen molar-refractivity contribution in [2.24, 2.45) is 10.2 Å². The molecule has 22 heavy (non-hydrogen) atoms. The second kappa shape index (κ2) is 6.85. The number of azo groups is 1. The maximum absolute atomic E-state index is 11.2. The lowest BCUT2D eigenvalue weighted by atomic mass is 10.0. The highest BCUT2D eigenvalue weighted by atomic mass is 16.4. The van der Waals surface area contributed by atoms with Crippen LogP contribution in [0, 0.1) is 0 Å². The number of hydrogen-bond acceptors (Lipinski definition) is 4. The van der Waals surface area contributed by atoms with Gasteiger partial charge in [0.1, 0.15) is 5.69 Å². The Hall–Kier alpha value is -2.69. The van der Waals surface area contributed by atoms with Crippen LogP contribution in [0.5, 0.6) is 0 Å². The molecule has 0 heterocycles. The van der Waals surface area contributed by atoms with Gasteiger partial charge in [-0.3, -0.25) is 0 Å². The first-order chi connectivity index (χ1) is 10.6. The number of hydrogen-bond donors (Lipinski definition) is 2. The fraction of sp³-hybridized carbons (Fsp3) is 0.235. The normalized spacial score (nSPS) is 11.0. The molecule has 2 aromatic rings. The van der Waals surface area contributed by atoms with E-state index >= 15 is 0 Å². The van der Waals surface area contributed by atoms with Gasteiger partial charge in [0.15, 0.2) is 0 Å². The van der Waals surface area contributed by atoms with Gasteiger partial charge in [0.25, 0.3) is 0 Å². The van der Waals surface area contributed by atoms with E-state index in [0.717, 1.165) is 29.7 Å². The number of nitrogens with zero attached hydrogens (tertiary/aromatic N) is 2. The fourth-order valence-electron chi connectivity index (χ4n) is 2.26. The molecule has 2 rings (SSSR count). The van der Waals surface area contributed by atoms with Gasteiger partial charge in [-0.1, -0.05) is 26.0 Å². The van der Waals surface area contributed by atoms with Crippen molar-refractivity contribution in [1.29, 1.82) is 0 Å². The van der Waals surface area contributed by atoms with Gasteiger partial charge >= 0.3 is 5.97 Å². The molecule has 5 nitrogen and oxygen atoms in total. The molecule has 0 radical (unpaired) electrons. The Balaban J connectivity index is 2.41. The molecule has 0 spiro atoms. The van der Waals surface area contributed by atoms with E-state index in [0.29, 0.717) is 11.4 Å². The molecule has 0 unspecified atom stereocenters. The summed E-state index contributed by atoms with van der Waals surface area (Å²) < 4.78 is 0. The van der Waals surface area contributed by atoms with Gasteiger partial charge in [0, 0.05) is 5.69 Å². The third kappa shape index (κ3) is 3.31. The van der Waals surface area contributed by atoms with Crippen molar-refractivity contribution < 1.29 is 9.90 Å². The molecule has 0 saturated carbocycles. The van der Waals surface area contributed by atoms with Gasteiger partial charge in [-0.15, -0.1) is 5.11 Å². The molecule has 114 valence electrons. The zero-order valence-electron chi connectivity index (χ0n) is 12.7. The molecule has 5 heteroatoms. The fourth-order valence-corrected chi connectivity index (χ4v) is 2.26. The molecule has 3 N–H and O–H groups in total. The highest BCUT2D eigenvalue weighted by Gasteiger charge is 2.09. The summed E-state index contributed by atoms with van der Waals surface area (Å²) in [5.41, 5.74) is 10.1. The lowest BCUT2D eigenvalue weighted by Gasteiger charge is -2.09. The number of carboxylic acid groups (broad SMARTS) is 1. The molecular weight excluding hydrogens is 278 g/mol. The van der Waals surface area contributed by atoms with Crippen molar-refractivity contribution in [1.82, 2.24) is 0 Å². The van der Waals surface area contributed by atoms with E-state index in [1.807, 2.05) is 26.0 Å². The molecule has 0 aromatic heterocycles. The van der Waals surface area contributed by atoms with E-state index < -0.39 is 5.97 Å². The summed E-state index contributed by atoms with van der Waals surface area (Å²) >= 11 is 0. The Morgan fingerprint density at radius 3 is 2.23 bits per heavy atom. The molecule has 0 aliphatic heterocycles. The third-order valence-electron chi connectivity index (χ3n) is 3.51. The topological polar surface area (TPSA) is 88.0 Å². The lowest BCUT2D eigenvalue weighted by Crippen LogP contribution is -1.98. The van der Waals surface area contributed by atoms with Crippen molar-refractivity contribution in [3.8, 4) is 0 Å². The SMILES string of the molecule is CCc1cc(N=Nc2ccccc2C(=O)O)cc(CC)c1N. The van der Waals surface area contributed by atoms with Gasteiger partial charge < -0.3 is 10.8 Å². The number of aryl methyl sites for hydroxylation is 2. The second-order valence-electron chi connectivity index (χ2n) is 4.91. The number of nitrogen functional groups attached to an aromatic ring is 1. The van der Waals surface area contributed by atoms with Crippen molar-refractivity contribution in [2.45, 2.75) is 26.7 Å². The monoisotopic (exact) mass is 297 g/mol. The predicted molar refractivity (Wildman–Crippen MR) is 87.2 cm³/mol. The van der Waals surface area contributed by atoms with Crippen molar-refractivity contribution in [3.63, 3.8) is 0 Å². The van der Waals surface area contributed by atoms with Crippen molar-refractivity contribution >= 4 is 23.0 Å². The van der Waals surface area contributed by atoms with E-state index in [9.17, 15) is 4.79 Å². The quantitative estimate of drug-likeness (QED) is 0.628. The number of carboxylic acids is 1. The smallest absolute Gasteiger partial charge is 0.337 e. The summed E-state index contributed by atoms with van der Waals surface area (Å²) in [4.78, 5) is 11.2. The van der Waals surface area contributed by atoms with E-state index in [4.69, 9.17) is 10.8 Å². The molecule has 2 aromatic carbocycles. The van der Waals surface area contributed by atoms with Crippen LogP contribution in [0.1, 0.15) is 35.3 Å². The predicted octanol–water partition coefficient (Wildman–Crippen LogP) is 4.51. The number of anilines is 1. The second-order valence-corrected chi connectivity index (χ2v) is 4.91. The van der Waals surface area contributed by atoms with Crippen LogP contribution in [-0.2, 0) is 12.8 Å². The summed E-state index contributed by atoms with van der Waals surface area (Å²) in [6.07, 6.45) is 1.63. The van der Waals surface area contributed by atoms with Crippen LogP contribution in [0.3, 0.4) is 0 Å². The van der Waals surface area contributed by atoms with E-state index in [1.165, 1.54) is 6.07 Å². The summed E-state index contributed by atoms with van der Waals surface area (Å²) in [7, 11) is 0. The van der Waals surface area contributed by atoms with Crippen LogP contribution in [0.2, 0.25) is 0 Å². The Kier molecular flexibility index (Phi) is 4.88. The average Bonchev–Trinajstić information content (AvgIpc) is 2.53. The number of aromatic carboxylic acids is 1. The Morgan fingerprint density at radius 2 is 1.68 bits per heavy atom. The summed E-state index contributed by atoms with van der Waals surface area (Å²) in [6, 6.07) is 10.3. The van der Waals surface area contributed by atoms with Crippen LogP contribution >= 0.6 is 0 Å². The first kappa shape index (κ1) is 15.7. The van der Waals surface area contributed by atoms with E-state index in [1.54, 1.807) is 18.2 Å². The first-order valence-corrected chi connectivity index (χ1v) is 7.22. The maximum Gasteiger partial charge on any atom is 0.337 e. The Morgan fingerprint density at radius 1 is 1.09 bits per heavy atom. The number of carbonyl (C=O) groups is 1. The number of nitrogens with two attached hydrogens (primary N) is 1. The summed E-state index contributed by atoms with van der Waals surface area (Å²) in [5.74, 6) is -1.02. The lowest BCUT2D eigenvalue weighted by molar-refractivity contribution is 0.0698. The van der Waals surface area contributed by atoms with Crippen LogP contribution in [0.4, 0.5) is 17.1 Å². The largest absolute Gasteiger partial charge is 0.478 e. The molecule has 0 amide bonds. The molecule has 0 aliphatic rings. The minimum absolute atomic E-state index is 0.133. The van der Waals surface area contributed by atoms with Crippen LogP contribution in [0.15, 0.2) is 46.6 Å². The molecule has 0 fully saturated rings. The van der Waals surface area contributed by atoms with Gasteiger partial charge in [-0.25, -0.2) is 4.79 Å². The van der Waals surface area contributed by atoms with Gasteiger partial charge in [-0.2, -0.15) is 5.11 Å². The van der Waals surface area contributed by atoms with E-state index in [2.05, 4.69) is 10.2 Å². The third-order valence-corrected chi connectivity index (χ3v) is 3.51. The molecule has 0 atom stereocenters. The van der Waals surface area contributed by atoms with Gasteiger partial charge in [0.2, 0.25) is 0 Å². The standard InChI is InChI=1S/C17H19N3O2/c1-3-11-9-13(10-12(4-2)16(11)18)19-20-15-8-6-5-7-14(15)17(21)22/h5-10H,3-4,18H2,1-2H3,(H,21,22). The van der Waals surface area contributed by atoms with Gasteiger partial charge in [-0.05, 0) is 48.2 Å². The molecule has 0 aliphatic carbocycles. The minimum Gasteiger partial charge on any atom is -0.478 e. The highest BCUT2D eigenvalue weighted by molar-refractivity contribution is 5.93. The first-order valence-electron chi connectivity index (χ1n) is 7.22. The summed E-state index contributed by atoms with van der Waals surface area (Å²) in [5, 5.41) is 17.4. The summed E-state index contributed by atoms with van der Waals surface area (Å²) in [6.45, 7) is 4.07. The number of benzene rings is 2. The number of rotatable bonds is 5. The Labute approximate surface area is 129 Å². The zero-order chi connectivity index (χ0) is 16.1. The van der Waals surface area contributed by atoms with Gasteiger partial charge in [0.05, 0.1) is 11.3 Å². The minimum atomic E-state index is -1.02. The van der Waals surface area contributed by atoms with Crippen molar-refractivity contribution in [3.05, 3.63) is 53.1 Å². The Bertz CT molecular complexity index is 699. The molecule has 0 saturated heterocycles. The maximum atomic E-state index is 11.2. The van der Waals surface area contributed by atoms with Crippen LogP contribution < -0.4 is 5.73 Å². The van der Waals surface area contributed by atoms with Crippen LogP contribution in [-0.4, -0.2) is 11.1 Å². The van der Waals surface area contributed by atoms with E-state index in [-0.39, 0.29) is 5.56 Å². The molecular formula is C17H19N3O2. The molecule has 0 bridgehead atoms.